The summed E-state index contributed by atoms with van der Waals surface area (Å²) in [5.41, 5.74) is 3.54. The van der Waals surface area contributed by atoms with Crippen LogP contribution in [0, 0.1) is 0 Å². The van der Waals surface area contributed by atoms with Crippen molar-refractivity contribution >= 4 is 0 Å². The average Bonchev–Trinajstić information content (AvgIpc) is 3.30. The second kappa shape index (κ2) is 6.37. The van der Waals surface area contributed by atoms with Crippen molar-refractivity contribution in [1.82, 2.24) is 14.9 Å². The predicted molar refractivity (Wildman–Crippen MR) is 91.4 cm³/mol. The lowest BCUT2D eigenvalue weighted by Crippen LogP contribution is -2.19. The standard InChI is InChI=1S/C19H19N3O2/c1-14(15-6-7-18-19(10-15)24-13-23-18)21-11-16-4-2-3-5-17(16)22-9-8-20-12-22/h2-10,12,14,21H,11,13H2,1H3/t14-/m1/s1. The predicted octanol–water partition coefficient (Wildman–Crippen LogP) is 3.45. The number of benzene rings is 2. The zero-order chi connectivity index (χ0) is 16.4. The highest BCUT2D eigenvalue weighted by atomic mass is 16.7. The minimum Gasteiger partial charge on any atom is -0.454 e. The molecule has 0 amide bonds. The molecule has 2 aromatic carbocycles. The minimum absolute atomic E-state index is 0.204. The third-order valence-corrected chi connectivity index (χ3v) is 4.27. The first kappa shape index (κ1) is 14.8. The van der Waals surface area contributed by atoms with Crippen molar-refractivity contribution in [2.75, 3.05) is 6.79 Å². The summed E-state index contributed by atoms with van der Waals surface area (Å²) in [6.07, 6.45) is 5.57. The molecule has 2 heterocycles. The van der Waals surface area contributed by atoms with Crippen molar-refractivity contribution in [3.05, 3.63) is 72.3 Å². The Bertz CT molecular complexity index is 830. The van der Waals surface area contributed by atoms with Crippen molar-refractivity contribution in [3.8, 4) is 17.2 Å². The van der Waals surface area contributed by atoms with Gasteiger partial charge in [0.05, 0.1) is 12.0 Å². The van der Waals surface area contributed by atoms with E-state index in [1.165, 1.54) is 11.1 Å². The summed E-state index contributed by atoms with van der Waals surface area (Å²) in [7, 11) is 0. The topological polar surface area (TPSA) is 48.3 Å². The summed E-state index contributed by atoms with van der Waals surface area (Å²) < 4.78 is 12.9. The van der Waals surface area contributed by atoms with E-state index < -0.39 is 0 Å². The first-order chi connectivity index (χ1) is 11.8. The van der Waals surface area contributed by atoms with Gasteiger partial charge in [0.1, 0.15) is 0 Å². The van der Waals surface area contributed by atoms with E-state index in [1.54, 1.807) is 6.20 Å². The van der Waals surface area contributed by atoms with Crippen LogP contribution >= 0.6 is 0 Å². The molecule has 0 bridgehead atoms. The quantitative estimate of drug-likeness (QED) is 0.782. The second-order valence-corrected chi connectivity index (χ2v) is 5.81. The number of fused-ring (bicyclic) bond motifs is 1. The van der Waals surface area contributed by atoms with Gasteiger partial charge in [-0.25, -0.2) is 4.98 Å². The fourth-order valence-electron chi connectivity index (χ4n) is 2.88. The van der Waals surface area contributed by atoms with Crippen LogP contribution in [-0.4, -0.2) is 16.3 Å². The largest absolute Gasteiger partial charge is 0.454 e. The summed E-state index contributed by atoms with van der Waals surface area (Å²) in [5.74, 6) is 1.64. The van der Waals surface area contributed by atoms with Gasteiger partial charge in [0.25, 0.3) is 0 Å². The van der Waals surface area contributed by atoms with E-state index >= 15 is 0 Å². The monoisotopic (exact) mass is 321 g/mol. The van der Waals surface area contributed by atoms with E-state index in [2.05, 4.69) is 41.5 Å². The summed E-state index contributed by atoms with van der Waals surface area (Å²) in [4.78, 5) is 4.13. The average molecular weight is 321 g/mol. The Balaban J connectivity index is 1.49. The Labute approximate surface area is 140 Å². The normalized spacial score (nSPS) is 13.9. The lowest BCUT2D eigenvalue weighted by atomic mass is 10.1. The summed E-state index contributed by atoms with van der Waals surface area (Å²) in [6, 6.07) is 14.6. The molecule has 1 N–H and O–H groups in total. The van der Waals surface area contributed by atoms with Gasteiger partial charge in [0.2, 0.25) is 6.79 Å². The van der Waals surface area contributed by atoms with Gasteiger partial charge in [-0.15, -0.1) is 0 Å². The molecule has 0 spiro atoms. The van der Waals surface area contributed by atoms with Crippen LogP contribution in [0.3, 0.4) is 0 Å². The molecular weight excluding hydrogens is 302 g/mol. The number of nitrogens with zero attached hydrogens (tertiary/aromatic N) is 2. The van der Waals surface area contributed by atoms with Gasteiger partial charge in [-0.3, -0.25) is 0 Å². The Hall–Kier alpha value is -2.79. The first-order valence-corrected chi connectivity index (χ1v) is 8.00. The van der Waals surface area contributed by atoms with Crippen LogP contribution in [0.15, 0.2) is 61.2 Å². The Morgan fingerprint density at radius 2 is 2.04 bits per heavy atom. The molecule has 0 fully saturated rings. The maximum Gasteiger partial charge on any atom is 0.231 e. The molecule has 5 heteroatoms. The van der Waals surface area contributed by atoms with E-state index in [0.717, 1.165) is 23.7 Å². The number of ether oxygens (including phenoxy) is 2. The molecular formula is C19H19N3O2. The molecule has 122 valence electrons. The second-order valence-electron chi connectivity index (χ2n) is 5.81. The lowest BCUT2D eigenvalue weighted by Gasteiger charge is -2.17. The molecule has 0 radical (unpaired) electrons. The van der Waals surface area contributed by atoms with E-state index in [4.69, 9.17) is 9.47 Å². The first-order valence-electron chi connectivity index (χ1n) is 8.00. The third kappa shape index (κ3) is 2.86. The van der Waals surface area contributed by atoms with Crippen LogP contribution in [0.4, 0.5) is 0 Å². The molecule has 1 aliphatic rings. The van der Waals surface area contributed by atoms with E-state index in [-0.39, 0.29) is 6.04 Å². The number of hydrogen-bond acceptors (Lipinski definition) is 4. The van der Waals surface area contributed by atoms with Gasteiger partial charge in [0.15, 0.2) is 11.5 Å². The van der Waals surface area contributed by atoms with E-state index in [1.807, 2.05) is 35.3 Å². The molecule has 3 aromatic rings. The SMILES string of the molecule is C[C@@H](NCc1ccccc1-n1ccnc1)c1ccc2c(c1)OCO2. The highest BCUT2D eigenvalue weighted by Crippen LogP contribution is 2.34. The van der Waals surface area contributed by atoms with Crippen LogP contribution in [0.5, 0.6) is 11.5 Å². The summed E-state index contributed by atoms with van der Waals surface area (Å²) in [5, 5.41) is 3.58. The summed E-state index contributed by atoms with van der Waals surface area (Å²) >= 11 is 0. The molecule has 24 heavy (non-hydrogen) atoms. The fraction of sp³-hybridized carbons (Fsp3) is 0.211. The number of rotatable bonds is 5. The molecule has 0 saturated carbocycles. The van der Waals surface area contributed by atoms with Gasteiger partial charge < -0.3 is 19.4 Å². The number of aromatic nitrogens is 2. The number of para-hydroxylation sites is 1. The van der Waals surface area contributed by atoms with Crippen molar-refractivity contribution in [1.29, 1.82) is 0 Å². The van der Waals surface area contributed by atoms with Gasteiger partial charge in [-0.1, -0.05) is 24.3 Å². The molecule has 1 aromatic heterocycles. The maximum atomic E-state index is 5.46. The Morgan fingerprint density at radius 3 is 2.92 bits per heavy atom. The molecule has 0 saturated heterocycles. The van der Waals surface area contributed by atoms with Crippen molar-refractivity contribution < 1.29 is 9.47 Å². The zero-order valence-electron chi connectivity index (χ0n) is 13.5. The summed E-state index contributed by atoms with van der Waals surface area (Å²) in [6.45, 7) is 3.22. The third-order valence-electron chi connectivity index (χ3n) is 4.27. The smallest absolute Gasteiger partial charge is 0.231 e. The van der Waals surface area contributed by atoms with Crippen LogP contribution in [0.2, 0.25) is 0 Å². The molecule has 1 aliphatic heterocycles. The molecule has 5 nitrogen and oxygen atoms in total. The highest BCUT2D eigenvalue weighted by molar-refractivity contribution is 5.45. The van der Waals surface area contributed by atoms with Crippen LogP contribution in [0.25, 0.3) is 5.69 Å². The van der Waals surface area contributed by atoms with Gasteiger partial charge >= 0.3 is 0 Å². The van der Waals surface area contributed by atoms with Crippen molar-refractivity contribution in [3.63, 3.8) is 0 Å². The Kier molecular flexibility index (Phi) is 3.92. The zero-order valence-corrected chi connectivity index (χ0v) is 13.5. The minimum atomic E-state index is 0.204. The van der Waals surface area contributed by atoms with E-state index in [0.29, 0.717) is 6.79 Å². The molecule has 0 unspecified atom stereocenters. The lowest BCUT2D eigenvalue weighted by molar-refractivity contribution is 0.174. The van der Waals surface area contributed by atoms with Gasteiger partial charge in [0, 0.05) is 25.0 Å². The fourth-order valence-corrected chi connectivity index (χ4v) is 2.88. The highest BCUT2D eigenvalue weighted by Gasteiger charge is 2.15. The van der Waals surface area contributed by atoms with Crippen LogP contribution < -0.4 is 14.8 Å². The maximum absolute atomic E-state index is 5.46. The molecule has 1 atom stereocenters. The van der Waals surface area contributed by atoms with E-state index in [9.17, 15) is 0 Å². The van der Waals surface area contributed by atoms with Crippen molar-refractivity contribution in [2.24, 2.45) is 0 Å². The Morgan fingerprint density at radius 1 is 1.17 bits per heavy atom. The van der Waals surface area contributed by atoms with Crippen molar-refractivity contribution in [2.45, 2.75) is 19.5 Å². The molecule has 4 rings (SSSR count). The van der Waals surface area contributed by atoms with Gasteiger partial charge in [-0.2, -0.15) is 0 Å². The number of imidazole rings is 1. The molecule has 0 aliphatic carbocycles. The van der Waals surface area contributed by atoms with Crippen LogP contribution in [0.1, 0.15) is 24.1 Å². The van der Waals surface area contributed by atoms with Crippen LogP contribution in [-0.2, 0) is 6.54 Å². The van der Waals surface area contributed by atoms with Gasteiger partial charge in [-0.05, 0) is 36.2 Å². The number of nitrogens with one attached hydrogen (secondary N) is 1. The number of hydrogen-bond donors (Lipinski definition) is 1.